The van der Waals surface area contributed by atoms with Gasteiger partial charge < -0.3 is 9.47 Å². The first-order chi connectivity index (χ1) is 12.2. The first kappa shape index (κ1) is 15.6. The number of nitrogens with zero attached hydrogens (tertiary/aromatic N) is 3. The highest BCUT2D eigenvalue weighted by atomic mass is 16.2. The molecule has 0 radical (unpaired) electrons. The van der Waals surface area contributed by atoms with Gasteiger partial charge in [0, 0.05) is 37.4 Å². The number of hydrogen-bond acceptors (Lipinski definition) is 2. The number of benzene rings is 1. The Morgan fingerprint density at radius 1 is 1.12 bits per heavy atom. The van der Waals surface area contributed by atoms with Crippen molar-refractivity contribution in [1.82, 2.24) is 14.5 Å². The Balaban J connectivity index is 1.68. The third-order valence-corrected chi connectivity index (χ3v) is 4.95. The molecule has 1 aliphatic rings. The summed E-state index contributed by atoms with van der Waals surface area (Å²) in [6.07, 6.45) is 6.09. The molecule has 1 atom stereocenters. The van der Waals surface area contributed by atoms with E-state index in [0.29, 0.717) is 6.42 Å². The second kappa shape index (κ2) is 6.55. The third kappa shape index (κ3) is 2.95. The zero-order chi connectivity index (χ0) is 17.2. The largest absolute Gasteiger partial charge is 0.348 e. The first-order valence-electron chi connectivity index (χ1n) is 8.63. The fourth-order valence-electron chi connectivity index (χ4n) is 3.60. The van der Waals surface area contributed by atoms with Crippen LogP contribution >= 0.6 is 0 Å². The molecular weight excluding hydrogens is 310 g/mol. The van der Waals surface area contributed by atoms with Crippen LogP contribution in [-0.4, -0.2) is 26.9 Å². The Morgan fingerprint density at radius 2 is 1.96 bits per heavy atom. The van der Waals surface area contributed by atoms with Crippen molar-refractivity contribution in [3.63, 3.8) is 0 Å². The SMILES string of the molecule is Cc1cnccc1CC(=O)N1CCn2cccc2[C@H]1c1ccccc1. The number of aromatic nitrogens is 2. The number of aryl methyl sites for hydroxylation is 1. The number of amides is 1. The van der Waals surface area contributed by atoms with Crippen molar-refractivity contribution in [3.05, 3.63) is 89.5 Å². The summed E-state index contributed by atoms with van der Waals surface area (Å²) in [5.41, 5.74) is 4.44. The maximum atomic E-state index is 13.1. The fraction of sp³-hybridized carbons (Fsp3) is 0.238. The predicted molar refractivity (Wildman–Crippen MR) is 97.1 cm³/mol. The van der Waals surface area contributed by atoms with Crippen LogP contribution in [0.5, 0.6) is 0 Å². The zero-order valence-corrected chi connectivity index (χ0v) is 14.3. The van der Waals surface area contributed by atoms with Gasteiger partial charge in [-0.2, -0.15) is 0 Å². The Kier molecular flexibility index (Phi) is 4.10. The molecule has 2 aromatic heterocycles. The number of carbonyl (C=O) groups excluding carboxylic acids is 1. The van der Waals surface area contributed by atoms with Crippen LogP contribution in [0, 0.1) is 6.92 Å². The van der Waals surface area contributed by atoms with Crippen LogP contribution in [0.2, 0.25) is 0 Å². The minimum Gasteiger partial charge on any atom is -0.348 e. The molecule has 0 aliphatic carbocycles. The van der Waals surface area contributed by atoms with Crippen molar-refractivity contribution in [2.24, 2.45) is 0 Å². The molecule has 4 rings (SSSR count). The van der Waals surface area contributed by atoms with Gasteiger partial charge in [0.1, 0.15) is 0 Å². The van der Waals surface area contributed by atoms with Gasteiger partial charge in [-0.05, 0) is 41.8 Å². The number of rotatable bonds is 3. The van der Waals surface area contributed by atoms with E-state index in [0.717, 1.165) is 29.8 Å². The van der Waals surface area contributed by atoms with Gasteiger partial charge in [-0.1, -0.05) is 30.3 Å². The number of carbonyl (C=O) groups is 1. The fourth-order valence-corrected chi connectivity index (χ4v) is 3.60. The number of hydrogen-bond donors (Lipinski definition) is 0. The van der Waals surface area contributed by atoms with E-state index >= 15 is 0 Å². The zero-order valence-electron chi connectivity index (χ0n) is 14.3. The summed E-state index contributed by atoms with van der Waals surface area (Å²) < 4.78 is 2.25. The Labute approximate surface area is 147 Å². The summed E-state index contributed by atoms with van der Waals surface area (Å²) in [7, 11) is 0. The predicted octanol–water partition coefficient (Wildman–Crippen LogP) is 3.37. The second-order valence-electron chi connectivity index (χ2n) is 6.51. The highest BCUT2D eigenvalue weighted by molar-refractivity contribution is 5.80. The molecule has 3 heterocycles. The molecule has 0 saturated heterocycles. The summed E-state index contributed by atoms with van der Waals surface area (Å²) >= 11 is 0. The Hall–Kier alpha value is -2.88. The summed E-state index contributed by atoms with van der Waals surface area (Å²) in [4.78, 5) is 19.3. The molecule has 0 N–H and O–H groups in total. The van der Waals surface area contributed by atoms with E-state index in [-0.39, 0.29) is 11.9 Å². The van der Waals surface area contributed by atoms with Crippen LogP contribution in [0.4, 0.5) is 0 Å². The second-order valence-corrected chi connectivity index (χ2v) is 6.51. The van der Waals surface area contributed by atoms with Gasteiger partial charge in [-0.3, -0.25) is 9.78 Å². The molecule has 0 unspecified atom stereocenters. The van der Waals surface area contributed by atoms with Crippen molar-refractivity contribution in [1.29, 1.82) is 0 Å². The van der Waals surface area contributed by atoms with Crippen LogP contribution in [0.15, 0.2) is 67.1 Å². The molecule has 4 nitrogen and oxygen atoms in total. The summed E-state index contributed by atoms with van der Waals surface area (Å²) in [5.74, 6) is 0.163. The van der Waals surface area contributed by atoms with E-state index in [2.05, 4.69) is 40.0 Å². The van der Waals surface area contributed by atoms with Crippen LogP contribution in [0.25, 0.3) is 0 Å². The van der Waals surface area contributed by atoms with Crippen LogP contribution < -0.4 is 0 Å². The molecule has 1 aliphatic heterocycles. The van der Waals surface area contributed by atoms with Crippen LogP contribution in [-0.2, 0) is 17.8 Å². The lowest BCUT2D eigenvalue weighted by Crippen LogP contribution is -2.43. The molecule has 1 aromatic carbocycles. The maximum Gasteiger partial charge on any atom is 0.227 e. The van der Waals surface area contributed by atoms with Gasteiger partial charge in [-0.25, -0.2) is 0 Å². The van der Waals surface area contributed by atoms with E-state index in [1.807, 2.05) is 42.3 Å². The highest BCUT2D eigenvalue weighted by Gasteiger charge is 2.31. The monoisotopic (exact) mass is 331 g/mol. The van der Waals surface area contributed by atoms with E-state index in [4.69, 9.17) is 0 Å². The smallest absolute Gasteiger partial charge is 0.227 e. The van der Waals surface area contributed by atoms with E-state index in [1.165, 1.54) is 5.69 Å². The van der Waals surface area contributed by atoms with Gasteiger partial charge in [0.2, 0.25) is 5.91 Å². The van der Waals surface area contributed by atoms with Crippen molar-refractivity contribution >= 4 is 5.91 Å². The number of pyridine rings is 1. The van der Waals surface area contributed by atoms with E-state index in [9.17, 15) is 4.79 Å². The molecule has 3 aromatic rings. The lowest BCUT2D eigenvalue weighted by Gasteiger charge is -2.37. The maximum absolute atomic E-state index is 13.1. The van der Waals surface area contributed by atoms with Crippen molar-refractivity contribution in [2.45, 2.75) is 25.9 Å². The molecule has 4 heteroatoms. The van der Waals surface area contributed by atoms with Gasteiger partial charge in [0.15, 0.2) is 0 Å². The van der Waals surface area contributed by atoms with Gasteiger partial charge in [-0.15, -0.1) is 0 Å². The first-order valence-corrected chi connectivity index (χ1v) is 8.63. The molecule has 0 bridgehead atoms. The molecule has 25 heavy (non-hydrogen) atoms. The molecule has 126 valence electrons. The van der Waals surface area contributed by atoms with Crippen LogP contribution in [0.3, 0.4) is 0 Å². The van der Waals surface area contributed by atoms with E-state index < -0.39 is 0 Å². The van der Waals surface area contributed by atoms with Crippen molar-refractivity contribution < 1.29 is 4.79 Å². The Bertz CT molecular complexity index is 885. The van der Waals surface area contributed by atoms with Crippen molar-refractivity contribution in [3.8, 4) is 0 Å². The minimum atomic E-state index is -0.0282. The lowest BCUT2D eigenvalue weighted by molar-refractivity contribution is -0.133. The summed E-state index contributed by atoms with van der Waals surface area (Å²) in [5, 5.41) is 0. The third-order valence-electron chi connectivity index (χ3n) is 4.95. The lowest BCUT2D eigenvalue weighted by atomic mass is 9.98. The molecular formula is C21H21N3O. The normalized spacial score (nSPS) is 16.5. The van der Waals surface area contributed by atoms with Gasteiger partial charge in [0.25, 0.3) is 0 Å². The summed E-state index contributed by atoms with van der Waals surface area (Å²) in [6.45, 7) is 3.57. The van der Waals surface area contributed by atoms with Crippen LogP contribution in [0.1, 0.15) is 28.4 Å². The van der Waals surface area contributed by atoms with Crippen molar-refractivity contribution in [2.75, 3.05) is 6.54 Å². The van der Waals surface area contributed by atoms with E-state index in [1.54, 1.807) is 6.20 Å². The molecule has 0 saturated carbocycles. The average Bonchev–Trinajstić information content (AvgIpc) is 3.12. The molecule has 0 fully saturated rings. The highest BCUT2D eigenvalue weighted by Crippen LogP contribution is 2.32. The Morgan fingerprint density at radius 3 is 2.76 bits per heavy atom. The average molecular weight is 331 g/mol. The van der Waals surface area contributed by atoms with Gasteiger partial charge >= 0.3 is 0 Å². The molecule has 0 spiro atoms. The standard InChI is InChI=1S/C21H21N3O/c1-16-15-22-10-9-18(16)14-20(25)24-13-12-23-11-5-8-19(23)21(24)17-6-3-2-4-7-17/h2-11,15,21H,12-14H2,1H3/t21-/m1/s1. The number of fused-ring (bicyclic) bond motifs is 1. The molecule has 1 amide bonds. The quantitative estimate of drug-likeness (QED) is 0.738. The minimum absolute atomic E-state index is 0.0282. The topological polar surface area (TPSA) is 38.1 Å². The van der Waals surface area contributed by atoms with Gasteiger partial charge in [0.05, 0.1) is 12.5 Å². The summed E-state index contributed by atoms with van der Waals surface area (Å²) in [6, 6.07) is 16.4.